The molecule has 4 rings (SSSR count). The van der Waals surface area contributed by atoms with E-state index in [1.165, 1.54) is 10.0 Å². The molecular formula is C18H21IN4O2. The number of hydrogen-bond donors (Lipinski definition) is 1. The molecule has 2 aromatic rings. The summed E-state index contributed by atoms with van der Waals surface area (Å²) < 4.78 is 9.62. The van der Waals surface area contributed by atoms with E-state index in [-0.39, 0.29) is 32.7 Å². The van der Waals surface area contributed by atoms with Crippen molar-refractivity contribution in [1.82, 2.24) is 14.9 Å². The van der Waals surface area contributed by atoms with E-state index in [1.54, 1.807) is 6.26 Å². The first-order valence-corrected chi connectivity index (χ1v) is 10.7. The zero-order valence-corrected chi connectivity index (χ0v) is 16.5. The molecule has 1 aliphatic heterocycles. The van der Waals surface area contributed by atoms with Gasteiger partial charge in [0.1, 0.15) is 6.26 Å². The first-order chi connectivity index (χ1) is 12.1. The van der Waals surface area contributed by atoms with Crippen molar-refractivity contribution in [1.29, 1.82) is 0 Å². The smallest absolute Gasteiger partial charge is 0.255 e. The standard InChI is InChI=1S/C18H21IN4O2/c1-11-19-12(2)23-8-7-15(17(23)21-11)18(24)22-14-5-3-13(4-6-14)16-9-25-10-20-16/h7-10,13-14H,3-6H2,1-2H3,(H,22,24). The van der Waals surface area contributed by atoms with Crippen LogP contribution in [0.5, 0.6) is 0 Å². The van der Waals surface area contributed by atoms with Crippen LogP contribution in [0, 0.1) is 0 Å². The van der Waals surface area contributed by atoms with Gasteiger partial charge in [-0.2, -0.15) is 0 Å². The fourth-order valence-electron chi connectivity index (χ4n) is 3.59. The Kier molecular flexibility index (Phi) is 4.58. The van der Waals surface area contributed by atoms with Gasteiger partial charge < -0.3 is 9.73 Å². The number of nitrogens with zero attached hydrogens (tertiary/aromatic N) is 3. The number of fused-ring (bicyclic) bond motifs is 1. The molecule has 0 atom stereocenters. The van der Waals surface area contributed by atoms with Crippen LogP contribution in [-0.2, 0) is 0 Å². The highest BCUT2D eigenvalue weighted by molar-refractivity contribution is 14.2. The molecule has 0 saturated heterocycles. The van der Waals surface area contributed by atoms with E-state index in [0.29, 0.717) is 11.5 Å². The van der Waals surface area contributed by atoms with Gasteiger partial charge in [-0.15, -0.1) is 0 Å². The van der Waals surface area contributed by atoms with E-state index in [4.69, 9.17) is 4.42 Å². The van der Waals surface area contributed by atoms with E-state index >= 15 is 0 Å². The molecule has 0 radical (unpaired) electrons. The van der Waals surface area contributed by atoms with Gasteiger partial charge in [-0.05, 0) is 66.3 Å². The second kappa shape index (κ2) is 6.86. The largest absolute Gasteiger partial charge is 0.451 e. The van der Waals surface area contributed by atoms with E-state index in [2.05, 4.69) is 33.7 Å². The molecule has 0 bridgehead atoms. The molecule has 1 aliphatic carbocycles. The van der Waals surface area contributed by atoms with Gasteiger partial charge in [-0.25, -0.2) is 9.98 Å². The minimum Gasteiger partial charge on any atom is -0.451 e. The third-order valence-electron chi connectivity index (χ3n) is 4.90. The first kappa shape index (κ1) is 16.7. The van der Waals surface area contributed by atoms with E-state index in [9.17, 15) is 4.79 Å². The van der Waals surface area contributed by atoms with Crippen molar-refractivity contribution >= 4 is 39.8 Å². The number of aromatic nitrogens is 2. The monoisotopic (exact) mass is 452 g/mol. The van der Waals surface area contributed by atoms with Crippen LogP contribution < -0.4 is 5.32 Å². The molecule has 25 heavy (non-hydrogen) atoms. The van der Waals surface area contributed by atoms with Crippen molar-refractivity contribution in [2.24, 2.45) is 4.99 Å². The molecule has 0 aromatic carbocycles. The minimum atomic E-state index is -0.163. The Morgan fingerprint density at radius 3 is 2.84 bits per heavy atom. The fourth-order valence-corrected chi connectivity index (χ4v) is 5.72. The molecule has 2 aliphatic rings. The van der Waals surface area contributed by atoms with Crippen molar-refractivity contribution < 1.29 is 9.21 Å². The Bertz CT molecular complexity index is 843. The summed E-state index contributed by atoms with van der Waals surface area (Å²) >= 11 is -0.163. The number of halogens is 1. The van der Waals surface area contributed by atoms with Crippen molar-refractivity contribution in [2.45, 2.75) is 51.5 Å². The Balaban J connectivity index is 1.42. The molecule has 0 unspecified atom stereocenters. The van der Waals surface area contributed by atoms with Gasteiger partial charge >= 0.3 is 0 Å². The maximum Gasteiger partial charge on any atom is 0.255 e. The molecule has 7 heteroatoms. The number of rotatable bonds is 3. The van der Waals surface area contributed by atoms with Crippen LogP contribution >= 0.6 is 20.7 Å². The lowest BCUT2D eigenvalue weighted by molar-refractivity contribution is 0.0926. The SMILES string of the molecule is CC1=Nc2c(C(=O)NC3CCC(c4cocn4)CC3)ccn2C(C)=I1. The van der Waals surface area contributed by atoms with Gasteiger partial charge in [-0.3, -0.25) is 9.36 Å². The van der Waals surface area contributed by atoms with Gasteiger partial charge in [-0.1, -0.05) is 0 Å². The van der Waals surface area contributed by atoms with Crippen LogP contribution in [0.15, 0.2) is 34.3 Å². The van der Waals surface area contributed by atoms with Crippen molar-refractivity contribution in [3.63, 3.8) is 0 Å². The van der Waals surface area contributed by atoms with Gasteiger partial charge in [0.05, 0.1) is 18.6 Å². The van der Waals surface area contributed by atoms with Crippen molar-refractivity contribution in [2.75, 3.05) is 0 Å². The third-order valence-corrected chi connectivity index (χ3v) is 7.22. The Labute approximate surface area is 156 Å². The third kappa shape index (κ3) is 3.33. The zero-order chi connectivity index (χ0) is 17.4. The Morgan fingerprint density at radius 1 is 1.32 bits per heavy atom. The normalized spacial score (nSPS) is 23.1. The highest BCUT2D eigenvalue weighted by atomic mass is 127. The molecule has 1 N–H and O–H groups in total. The zero-order valence-electron chi connectivity index (χ0n) is 14.3. The molecule has 1 fully saturated rings. The quantitative estimate of drug-likeness (QED) is 0.717. The maximum absolute atomic E-state index is 12.7. The summed E-state index contributed by atoms with van der Waals surface area (Å²) in [6.45, 7) is 4.18. The lowest BCUT2D eigenvalue weighted by atomic mass is 9.84. The first-order valence-electron chi connectivity index (χ1n) is 8.56. The molecular weight excluding hydrogens is 431 g/mol. The maximum atomic E-state index is 12.7. The van der Waals surface area contributed by atoms with Crippen LogP contribution in [-0.4, -0.2) is 28.9 Å². The van der Waals surface area contributed by atoms with Crippen molar-refractivity contribution in [3.8, 4) is 0 Å². The second-order valence-electron chi connectivity index (χ2n) is 6.56. The molecule has 0 spiro atoms. The summed E-state index contributed by atoms with van der Waals surface area (Å²) in [5.41, 5.74) is 1.71. The van der Waals surface area contributed by atoms with Crippen LogP contribution in [0.2, 0.25) is 0 Å². The van der Waals surface area contributed by atoms with E-state index in [1.807, 2.05) is 12.3 Å². The average Bonchev–Trinajstić information content (AvgIpc) is 3.25. The predicted molar refractivity (Wildman–Crippen MR) is 106 cm³/mol. The van der Waals surface area contributed by atoms with Gasteiger partial charge in [0.15, 0.2) is 12.2 Å². The summed E-state index contributed by atoms with van der Waals surface area (Å²) in [6, 6.07) is 2.11. The lowest BCUT2D eigenvalue weighted by Gasteiger charge is -2.28. The summed E-state index contributed by atoms with van der Waals surface area (Å²) in [6.07, 6.45) is 9.19. The van der Waals surface area contributed by atoms with E-state index < -0.39 is 0 Å². The number of oxazole rings is 1. The molecule has 6 nitrogen and oxygen atoms in total. The number of nitrogens with one attached hydrogen (secondary N) is 1. The Morgan fingerprint density at radius 2 is 2.12 bits per heavy atom. The lowest BCUT2D eigenvalue weighted by Crippen LogP contribution is -2.37. The predicted octanol–water partition coefficient (Wildman–Crippen LogP) is 3.96. The molecule has 3 heterocycles. The number of hydrogen-bond acceptors (Lipinski definition) is 4. The highest BCUT2D eigenvalue weighted by Crippen LogP contribution is 2.33. The van der Waals surface area contributed by atoms with E-state index in [0.717, 1.165) is 40.9 Å². The van der Waals surface area contributed by atoms with Gasteiger partial charge in [0.2, 0.25) is 0 Å². The van der Waals surface area contributed by atoms with Gasteiger partial charge in [0.25, 0.3) is 5.91 Å². The second-order valence-corrected chi connectivity index (χ2v) is 10.2. The number of aliphatic imine (C=N–C) groups is 1. The van der Waals surface area contributed by atoms with Crippen LogP contribution in [0.3, 0.4) is 0 Å². The number of carbonyl (C=O) groups excluding carboxylic acids is 1. The molecule has 2 aromatic heterocycles. The van der Waals surface area contributed by atoms with Crippen LogP contribution in [0.1, 0.15) is 61.5 Å². The van der Waals surface area contributed by atoms with Crippen LogP contribution in [0.25, 0.3) is 0 Å². The molecule has 1 saturated carbocycles. The summed E-state index contributed by atoms with van der Waals surface area (Å²) in [5.74, 6) is 1.22. The molecule has 1 amide bonds. The summed E-state index contributed by atoms with van der Waals surface area (Å²) in [7, 11) is 0. The highest BCUT2D eigenvalue weighted by Gasteiger charge is 2.27. The summed E-state index contributed by atoms with van der Waals surface area (Å²) in [5, 5.41) is 3.20. The topological polar surface area (TPSA) is 72.4 Å². The van der Waals surface area contributed by atoms with Gasteiger partial charge in [0, 0.05) is 18.2 Å². The van der Waals surface area contributed by atoms with Crippen LogP contribution in [0.4, 0.5) is 5.82 Å². The fraction of sp³-hybridized carbons (Fsp3) is 0.444. The minimum absolute atomic E-state index is 0.0110. The number of carbonyl (C=O) groups is 1. The summed E-state index contributed by atoms with van der Waals surface area (Å²) in [4.78, 5) is 21.7. The van der Waals surface area contributed by atoms with Crippen molar-refractivity contribution in [3.05, 3.63) is 36.2 Å². The average molecular weight is 452 g/mol. The molecule has 132 valence electrons. The number of amides is 1. The Hall–Kier alpha value is -1.77.